The van der Waals surface area contributed by atoms with Gasteiger partial charge in [-0.05, 0) is 31.8 Å². The molecule has 2 rings (SSSR count). The van der Waals surface area contributed by atoms with E-state index in [2.05, 4.69) is 22.5 Å². The Morgan fingerprint density at radius 2 is 2.00 bits per heavy atom. The third-order valence-electron chi connectivity index (χ3n) is 4.62. The first-order chi connectivity index (χ1) is 12.6. The van der Waals surface area contributed by atoms with Crippen LogP contribution in [0.25, 0.3) is 0 Å². The van der Waals surface area contributed by atoms with Gasteiger partial charge in [-0.15, -0.1) is 0 Å². The fourth-order valence-electron chi connectivity index (χ4n) is 3.42. The van der Waals surface area contributed by atoms with Gasteiger partial charge in [-0.25, -0.2) is 9.90 Å². The van der Waals surface area contributed by atoms with Crippen LogP contribution in [0.4, 0.5) is 0 Å². The van der Waals surface area contributed by atoms with Gasteiger partial charge in [0.1, 0.15) is 11.3 Å². The van der Waals surface area contributed by atoms with Crippen molar-refractivity contribution in [3.63, 3.8) is 0 Å². The zero-order valence-corrected chi connectivity index (χ0v) is 17.5. The number of aliphatic hydroxyl groups excluding tert-OH is 2. The SMILES string of the molecule is C=C(C)/C=C(Br)\C(=C/C(C)C)C1=C(O)C2(CCN(O)CC2)N(OCO)C1=O. The number of hydroxylamine groups is 4. The number of hydrogen-bond acceptors (Lipinski definition) is 6. The number of carbonyl (C=O) groups excluding carboxylic acids is 1. The maximum Gasteiger partial charge on any atom is 0.282 e. The van der Waals surface area contributed by atoms with Gasteiger partial charge in [0.05, 0.1) is 5.57 Å². The molecule has 7 nitrogen and oxygen atoms in total. The monoisotopic (exact) mass is 442 g/mol. The largest absolute Gasteiger partial charge is 0.509 e. The first-order valence-corrected chi connectivity index (χ1v) is 9.64. The Bertz CT molecular complexity index is 703. The molecular weight excluding hydrogens is 416 g/mol. The molecule has 1 saturated heterocycles. The van der Waals surface area contributed by atoms with Crippen LogP contribution in [0.15, 0.2) is 45.7 Å². The predicted molar refractivity (Wildman–Crippen MR) is 105 cm³/mol. The first-order valence-electron chi connectivity index (χ1n) is 8.85. The van der Waals surface area contributed by atoms with Crippen molar-refractivity contribution < 1.29 is 25.1 Å². The lowest BCUT2D eigenvalue weighted by Gasteiger charge is -2.41. The molecule has 0 bridgehead atoms. The average molecular weight is 443 g/mol. The maximum absolute atomic E-state index is 13.2. The zero-order chi connectivity index (χ0) is 20.4. The van der Waals surface area contributed by atoms with E-state index in [-0.39, 0.29) is 43.2 Å². The van der Waals surface area contributed by atoms with Crippen molar-refractivity contribution in [1.29, 1.82) is 0 Å². The topological polar surface area (TPSA) is 93.5 Å². The van der Waals surface area contributed by atoms with Crippen molar-refractivity contribution >= 4 is 21.8 Å². The normalized spacial score (nSPS) is 21.7. The number of amides is 1. The van der Waals surface area contributed by atoms with Crippen LogP contribution in [0.3, 0.4) is 0 Å². The molecule has 1 fully saturated rings. The molecule has 0 aliphatic carbocycles. The summed E-state index contributed by atoms with van der Waals surface area (Å²) in [5.41, 5.74) is 0.355. The van der Waals surface area contributed by atoms with Crippen LogP contribution in [0.1, 0.15) is 33.6 Å². The Balaban J connectivity index is 2.62. The minimum Gasteiger partial charge on any atom is -0.509 e. The van der Waals surface area contributed by atoms with Gasteiger partial charge in [-0.1, -0.05) is 48.0 Å². The van der Waals surface area contributed by atoms with Gasteiger partial charge in [0.15, 0.2) is 6.79 Å². The molecule has 0 unspecified atom stereocenters. The Kier molecular flexibility index (Phi) is 7.04. The van der Waals surface area contributed by atoms with Gasteiger partial charge in [0, 0.05) is 23.1 Å². The number of nitrogens with zero attached hydrogens (tertiary/aromatic N) is 2. The van der Waals surface area contributed by atoms with Gasteiger partial charge in [-0.3, -0.25) is 4.79 Å². The van der Waals surface area contributed by atoms with Crippen molar-refractivity contribution in [3.8, 4) is 0 Å². The van der Waals surface area contributed by atoms with Crippen molar-refractivity contribution in [2.24, 2.45) is 5.92 Å². The lowest BCUT2D eigenvalue weighted by atomic mass is 9.85. The fourth-order valence-corrected chi connectivity index (χ4v) is 4.14. The molecule has 0 atom stereocenters. The minimum atomic E-state index is -1.11. The molecule has 0 aromatic rings. The number of carbonyl (C=O) groups is 1. The van der Waals surface area contributed by atoms with Gasteiger partial charge in [-0.2, -0.15) is 5.06 Å². The quantitative estimate of drug-likeness (QED) is 0.431. The van der Waals surface area contributed by atoms with Crippen LogP contribution < -0.4 is 0 Å². The second-order valence-corrected chi connectivity index (χ2v) is 8.08. The highest BCUT2D eigenvalue weighted by molar-refractivity contribution is 9.12. The van der Waals surface area contributed by atoms with E-state index < -0.39 is 18.2 Å². The number of halogens is 1. The summed E-state index contributed by atoms with van der Waals surface area (Å²) >= 11 is 3.50. The van der Waals surface area contributed by atoms with Crippen LogP contribution in [0.2, 0.25) is 0 Å². The lowest BCUT2D eigenvalue weighted by Crippen LogP contribution is -2.54. The highest BCUT2D eigenvalue weighted by Crippen LogP contribution is 2.46. The standard InChI is InChI=1S/C19H27BrN2O5/c1-12(2)9-14(15(20)10-13(3)4)16-17(24)19(5-7-21(26)8-6-19)22(18(16)25)27-11-23/h9-10,12,23-24,26H,3,5-8,11H2,1-2,4H3/b14-9+,15-10+. The molecule has 0 aromatic heterocycles. The second kappa shape index (κ2) is 8.70. The second-order valence-electron chi connectivity index (χ2n) is 7.23. The summed E-state index contributed by atoms with van der Waals surface area (Å²) in [5.74, 6) is -0.512. The van der Waals surface area contributed by atoms with E-state index in [9.17, 15) is 20.2 Å². The summed E-state index contributed by atoms with van der Waals surface area (Å²) < 4.78 is 0.624. The molecule has 150 valence electrons. The molecule has 1 amide bonds. The third kappa shape index (κ3) is 4.35. The van der Waals surface area contributed by atoms with Gasteiger partial charge >= 0.3 is 0 Å². The highest BCUT2D eigenvalue weighted by Gasteiger charge is 2.55. The van der Waals surface area contributed by atoms with Crippen molar-refractivity contribution in [2.45, 2.75) is 39.2 Å². The molecule has 27 heavy (non-hydrogen) atoms. The molecule has 3 N–H and O–H groups in total. The lowest BCUT2D eigenvalue weighted by molar-refractivity contribution is -0.253. The molecule has 0 saturated carbocycles. The van der Waals surface area contributed by atoms with Crippen LogP contribution in [-0.2, 0) is 9.63 Å². The van der Waals surface area contributed by atoms with Crippen LogP contribution >= 0.6 is 15.9 Å². The van der Waals surface area contributed by atoms with E-state index in [1.165, 1.54) is 0 Å². The van der Waals surface area contributed by atoms with Gasteiger partial charge in [0.2, 0.25) is 0 Å². The summed E-state index contributed by atoms with van der Waals surface area (Å²) in [6, 6.07) is 0. The molecule has 2 aliphatic heterocycles. The van der Waals surface area contributed by atoms with Crippen LogP contribution in [0, 0.1) is 5.92 Å². The Labute approximate surface area is 167 Å². The van der Waals surface area contributed by atoms with E-state index in [0.29, 0.717) is 10.1 Å². The van der Waals surface area contributed by atoms with Crippen molar-refractivity contribution in [1.82, 2.24) is 10.1 Å². The minimum absolute atomic E-state index is 0.104. The Hall–Kier alpha value is -1.45. The van der Waals surface area contributed by atoms with Crippen molar-refractivity contribution in [2.75, 3.05) is 19.9 Å². The molecular formula is C19H27BrN2O5. The average Bonchev–Trinajstić information content (AvgIpc) is 2.77. The predicted octanol–water partition coefficient (Wildman–Crippen LogP) is 3.18. The maximum atomic E-state index is 13.2. The van der Waals surface area contributed by atoms with Crippen LogP contribution in [-0.4, -0.2) is 56.9 Å². The number of allylic oxidation sites excluding steroid dienone is 4. The number of piperidine rings is 1. The summed E-state index contributed by atoms with van der Waals surface area (Å²) in [5, 5.41) is 32.3. The van der Waals surface area contributed by atoms with E-state index in [1.54, 1.807) is 6.08 Å². The zero-order valence-electron chi connectivity index (χ0n) is 15.9. The number of hydrogen-bond donors (Lipinski definition) is 3. The Morgan fingerprint density at radius 3 is 2.48 bits per heavy atom. The number of aliphatic hydroxyl groups is 2. The van der Waals surface area contributed by atoms with E-state index in [4.69, 9.17) is 4.84 Å². The molecule has 2 aliphatic rings. The van der Waals surface area contributed by atoms with Crippen molar-refractivity contribution in [3.05, 3.63) is 45.7 Å². The fraction of sp³-hybridized carbons (Fsp3) is 0.526. The molecule has 0 aromatic carbocycles. The summed E-state index contributed by atoms with van der Waals surface area (Å²) in [4.78, 5) is 18.4. The summed E-state index contributed by atoms with van der Waals surface area (Å²) in [7, 11) is 0. The van der Waals surface area contributed by atoms with Crippen LogP contribution in [0.5, 0.6) is 0 Å². The molecule has 2 heterocycles. The van der Waals surface area contributed by atoms with Gasteiger partial charge < -0.3 is 15.4 Å². The van der Waals surface area contributed by atoms with Gasteiger partial charge in [0.25, 0.3) is 5.91 Å². The molecule has 1 spiro atoms. The van der Waals surface area contributed by atoms with E-state index >= 15 is 0 Å². The van der Waals surface area contributed by atoms with E-state index in [0.717, 1.165) is 15.7 Å². The summed E-state index contributed by atoms with van der Waals surface area (Å²) in [6.45, 7) is 9.48. The third-order valence-corrected chi connectivity index (χ3v) is 5.27. The first kappa shape index (κ1) is 21.8. The smallest absolute Gasteiger partial charge is 0.282 e. The highest BCUT2D eigenvalue weighted by atomic mass is 79.9. The van der Waals surface area contributed by atoms with E-state index in [1.807, 2.05) is 26.8 Å². The number of rotatable bonds is 6. The summed E-state index contributed by atoms with van der Waals surface area (Å²) in [6.07, 6.45) is 4.22. The Morgan fingerprint density at radius 1 is 1.41 bits per heavy atom. The molecule has 8 heteroatoms. The molecule has 0 radical (unpaired) electrons.